The Hall–Kier alpha value is 0.619. The molecule has 0 amide bonds. The zero-order valence-corrected chi connectivity index (χ0v) is 19.3. The van der Waals surface area contributed by atoms with E-state index in [4.69, 9.17) is 4.74 Å². The zero-order chi connectivity index (χ0) is 17.1. The third kappa shape index (κ3) is 20.6. The summed E-state index contributed by atoms with van der Waals surface area (Å²) in [5.41, 5.74) is 0. The molecule has 4 heteroatoms. The van der Waals surface area contributed by atoms with E-state index in [0.29, 0.717) is 12.5 Å². The molecule has 0 N–H and O–H groups in total. The van der Waals surface area contributed by atoms with Gasteiger partial charge >= 0.3 is 78.4 Å². The summed E-state index contributed by atoms with van der Waals surface area (Å²) in [6.45, 7) is 7.14. The van der Waals surface area contributed by atoms with Crippen LogP contribution < -0.4 is 0 Å². The molecule has 22 heavy (non-hydrogen) atoms. The van der Waals surface area contributed by atoms with Crippen molar-refractivity contribution < 1.29 is 9.53 Å². The number of ether oxygens (including phenoxy) is 1. The Kier molecular flexibility index (Phi) is 24.4. The molecule has 0 saturated heterocycles. The van der Waals surface area contributed by atoms with E-state index < -0.39 is 0 Å². The first-order chi connectivity index (χ1) is 10.7. The Morgan fingerprint density at radius 1 is 1.00 bits per heavy atom. The van der Waals surface area contributed by atoms with Gasteiger partial charge in [0.15, 0.2) is 0 Å². The zero-order valence-electron chi connectivity index (χ0n) is 15.1. The quantitative estimate of drug-likeness (QED) is 0.182. The molecule has 0 aliphatic heterocycles. The standard InChI is InChI=1S/C10H20O2S.C8H17.Sn.H/c1-3-5-6-9(4-2)7-12-10(11)8-13;1-3-5-7-8-6-4-2;;/h9,13H,3-8H2,1-2H3;1,3-8H2,2H3;;. The van der Waals surface area contributed by atoms with E-state index in [9.17, 15) is 4.79 Å². The van der Waals surface area contributed by atoms with Crippen LogP contribution in [0.5, 0.6) is 0 Å². The van der Waals surface area contributed by atoms with Crippen LogP contribution in [-0.4, -0.2) is 40.9 Å². The summed E-state index contributed by atoms with van der Waals surface area (Å²) in [7, 11) is 0. The molecule has 0 fully saturated rings. The number of carbonyl (C=O) groups is 1. The molecule has 0 bridgehead atoms. The summed E-state index contributed by atoms with van der Waals surface area (Å²) in [5, 5.41) is 0. The first-order valence-corrected chi connectivity index (χ1v) is 12.1. The van der Waals surface area contributed by atoms with Crippen LogP contribution in [0.15, 0.2) is 0 Å². The van der Waals surface area contributed by atoms with Gasteiger partial charge in [-0.25, -0.2) is 0 Å². The molecular formula is C18H38O2SSn. The van der Waals surface area contributed by atoms with E-state index in [1.54, 1.807) is 0 Å². The Balaban J connectivity index is 0. The van der Waals surface area contributed by atoms with Crippen molar-refractivity contribution in [3.05, 3.63) is 0 Å². The van der Waals surface area contributed by atoms with Gasteiger partial charge in [-0.15, -0.1) is 0 Å². The number of unbranched alkanes of at least 4 members (excludes halogenated alkanes) is 6. The average Bonchev–Trinajstić information content (AvgIpc) is 2.55. The maximum absolute atomic E-state index is 10.8. The van der Waals surface area contributed by atoms with Gasteiger partial charge in [-0.3, -0.25) is 4.79 Å². The normalized spacial score (nSPS) is 11.5. The number of rotatable bonds is 13. The van der Waals surface area contributed by atoms with Crippen molar-refractivity contribution in [1.82, 2.24) is 0 Å². The van der Waals surface area contributed by atoms with Crippen LogP contribution in [0.2, 0.25) is 4.44 Å². The minimum absolute atomic E-state index is 0.185. The van der Waals surface area contributed by atoms with Crippen molar-refractivity contribution in [2.75, 3.05) is 12.4 Å². The van der Waals surface area contributed by atoms with Gasteiger partial charge in [0, 0.05) is 0 Å². The Morgan fingerprint density at radius 2 is 1.59 bits per heavy atom. The Morgan fingerprint density at radius 3 is 2.09 bits per heavy atom. The molecule has 0 saturated carbocycles. The van der Waals surface area contributed by atoms with Crippen molar-refractivity contribution in [2.24, 2.45) is 5.92 Å². The Labute approximate surface area is 158 Å². The number of carbonyl (C=O) groups excluding carboxylic acids is 1. The maximum atomic E-state index is 10.8. The van der Waals surface area contributed by atoms with Crippen molar-refractivity contribution in [1.29, 1.82) is 0 Å². The summed E-state index contributed by atoms with van der Waals surface area (Å²) in [5.74, 6) is 0.506. The molecule has 0 spiro atoms. The number of thiol groups is 1. The molecule has 1 unspecified atom stereocenters. The van der Waals surface area contributed by atoms with Crippen LogP contribution in [-0.2, 0) is 9.53 Å². The van der Waals surface area contributed by atoms with E-state index in [2.05, 4.69) is 33.4 Å². The topological polar surface area (TPSA) is 26.3 Å². The van der Waals surface area contributed by atoms with Crippen LogP contribution in [0.4, 0.5) is 0 Å². The summed E-state index contributed by atoms with van der Waals surface area (Å²) >= 11 is 5.31. The van der Waals surface area contributed by atoms with Gasteiger partial charge < -0.3 is 4.74 Å². The Bertz CT molecular complexity index is 219. The summed E-state index contributed by atoms with van der Waals surface area (Å²) in [6.07, 6.45) is 13.4. The molecule has 1 atom stereocenters. The van der Waals surface area contributed by atoms with Crippen LogP contribution in [0.1, 0.15) is 85.0 Å². The van der Waals surface area contributed by atoms with Crippen molar-refractivity contribution in [3.63, 3.8) is 0 Å². The van der Waals surface area contributed by atoms with E-state index in [1.165, 1.54) is 78.3 Å². The van der Waals surface area contributed by atoms with Crippen LogP contribution in [0, 0.1) is 5.92 Å². The van der Waals surface area contributed by atoms with Crippen LogP contribution in [0.25, 0.3) is 0 Å². The van der Waals surface area contributed by atoms with Gasteiger partial charge in [-0.05, 0) is 12.3 Å². The molecule has 2 nitrogen and oxygen atoms in total. The fourth-order valence-corrected chi connectivity index (χ4v) is 2.99. The van der Waals surface area contributed by atoms with E-state index in [0.717, 1.165) is 12.8 Å². The third-order valence-electron chi connectivity index (χ3n) is 3.71. The first-order valence-electron chi connectivity index (χ1n) is 9.12. The molecule has 2 radical (unpaired) electrons. The molecule has 132 valence electrons. The van der Waals surface area contributed by atoms with E-state index in [-0.39, 0.29) is 11.7 Å². The van der Waals surface area contributed by atoms with Gasteiger partial charge in [-0.2, -0.15) is 12.6 Å². The number of hydrogen-bond donors (Lipinski definition) is 1. The minimum atomic E-state index is -0.210. The van der Waals surface area contributed by atoms with Gasteiger partial charge in [0.1, 0.15) is 0 Å². The SMILES string of the molecule is CCCCC(CC)COC(=O)CS.CCCCCCC[CH2][SnH]. The molecular weight excluding hydrogens is 399 g/mol. The molecule has 0 aliphatic carbocycles. The summed E-state index contributed by atoms with van der Waals surface area (Å²) in [6, 6.07) is 0. The van der Waals surface area contributed by atoms with Crippen LogP contribution in [0.3, 0.4) is 0 Å². The molecule has 0 aromatic rings. The summed E-state index contributed by atoms with van der Waals surface area (Å²) in [4.78, 5) is 10.8. The second-order valence-electron chi connectivity index (χ2n) is 5.81. The molecule has 0 aromatic heterocycles. The van der Waals surface area contributed by atoms with Gasteiger partial charge in [0.05, 0.1) is 12.4 Å². The average molecular weight is 437 g/mol. The van der Waals surface area contributed by atoms with Crippen molar-refractivity contribution >= 4 is 41.1 Å². The molecule has 0 aliphatic rings. The van der Waals surface area contributed by atoms with Crippen molar-refractivity contribution in [3.8, 4) is 0 Å². The second-order valence-corrected chi connectivity index (χ2v) is 7.78. The number of hydrogen-bond acceptors (Lipinski definition) is 3. The predicted octanol–water partition coefficient (Wildman–Crippen LogP) is 5.34. The van der Waals surface area contributed by atoms with E-state index in [1.807, 2.05) is 0 Å². The van der Waals surface area contributed by atoms with Crippen molar-refractivity contribution in [2.45, 2.75) is 89.4 Å². The van der Waals surface area contributed by atoms with Gasteiger partial charge in [0.2, 0.25) is 0 Å². The van der Waals surface area contributed by atoms with Gasteiger partial charge in [-0.1, -0.05) is 33.1 Å². The summed E-state index contributed by atoms with van der Waals surface area (Å²) < 4.78 is 6.52. The third-order valence-corrected chi connectivity index (χ3v) is 5.13. The monoisotopic (exact) mass is 438 g/mol. The fourth-order valence-electron chi connectivity index (χ4n) is 2.08. The fraction of sp³-hybridized carbons (Fsp3) is 0.944. The van der Waals surface area contributed by atoms with Gasteiger partial charge in [0.25, 0.3) is 0 Å². The molecule has 0 rings (SSSR count). The van der Waals surface area contributed by atoms with Crippen LogP contribution >= 0.6 is 12.6 Å². The second kappa shape index (κ2) is 21.6. The predicted molar refractivity (Wildman–Crippen MR) is 103 cm³/mol. The molecule has 0 heterocycles. The number of esters is 1. The van der Waals surface area contributed by atoms with E-state index >= 15 is 0 Å². The molecule has 0 aromatic carbocycles. The first kappa shape index (κ1) is 24.9.